The minimum absolute atomic E-state index is 0. The van der Waals surface area contributed by atoms with Crippen molar-refractivity contribution in [1.29, 1.82) is 0 Å². The Bertz CT molecular complexity index is 316. The molecule has 1 aliphatic rings. The van der Waals surface area contributed by atoms with Gasteiger partial charge in [-0.3, -0.25) is 0 Å². The van der Waals surface area contributed by atoms with Gasteiger partial charge in [-0.1, -0.05) is 12.1 Å². The first-order valence-corrected chi connectivity index (χ1v) is 3.14. The molecular formula is C8H6Na2O3. The van der Waals surface area contributed by atoms with Crippen LogP contribution in [0.1, 0.15) is 20.7 Å². The van der Waals surface area contributed by atoms with Gasteiger partial charge in [0, 0.05) is 0 Å². The van der Waals surface area contributed by atoms with Gasteiger partial charge in [-0.25, -0.2) is 9.59 Å². The third-order valence-corrected chi connectivity index (χ3v) is 1.55. The zero-order valence-electron chi connectivity index (χ0n) is 5.53. The summed E-state index contributed by atoms with van der Waals surface area (Å²) in [5, 5.41) is 0. The molecule has 3 nitrogen and oxygen atoms in total. The molecular weight excluding hydrogens is 190 g/mol. The van der Waals surface area contributed by atoms with Gasteiger partial charge in [0.05, 0.1) is 11.1 Å². The fourth-order valence-electron chi connectivity index (χ4n) is 1.03. The van der Waals surface area contributed by atoms with E-state index in [4.69, 9.17) is 0 Å². The Morgan fingerprint density at radius 1 is 0.846 bits per heavy atom. The standard InChI is InChI=1S/C8H4O3.2Na.2H/c9-7-5-3-1-2-4-6(5)8(10)11-7;;;;/h1-4H;;;;. The first-order valence-electron chi connectivity index (χ1n) is 3.14. The zero-order chi connectivity index (χ0) is 7.84. The topological polar surface area (TPSA) is 43.4 Å². The number of esters is 2. The molecule has 1 aromatic rings. The summed E-state index contributed by atoms with van der Waals surface area (Å²) in [4.78, 5) is 21.7. The van der Waals surface area contributed by atoms with Crippen molar-refractivity contribution in [3.63, 3.8) is 0 Å². The molecule has 0 aliphatic carbocycles. The number of rotatable bonds is 0. The molecule has 1 aliphatic heterocycles. The molecule has 0 N–H and O–H groups in total. The van der Waals surface area contributed by atoms with E-state index >= 15 is 0 Å². The van der Waals surface area contributed by atoms with Gasteiger partial charge in [0.15, 0.2) is 0 Å². The summed E-state index contributed by atoms with van der Waals surface area (Å²) >= 11 is 0. The second-order valence-electron chi connectivity index (χ2n) is 2.22. The van der Waals surface area contributed by atoms with Crippen LogP contribution in [0.25, 0.3) is 0 Å². The molecule has 0 atom stereocenters. The van der Waals surface area contributed by atoms with Gasteiger partial charge in [-0.2, -0.15) is 0 Å². The average Bonchev–Trinajstić information content (AvgIpc) is 2.30. The predicted molar refractivity (Wildman–Crippen MR) is 50.5 cm³/mol. The Morgan fingerprint density at radius 2 is 1.23 bits per heavy atom. The fraction of sp³-hybridized carbons (Fsp3) is 0. The van der Waals surface area contributed by atoms with Crippen molar-refractivity contribution >= 4 is 71.1 Å². The SMILES string of the molecule is O=C1OC(=O)c2ccccc21.[NaH].[NaH]. The van der Waals surface area contributed by atoms with E-state index in [-0.39, 0.29) is 59.1 Å². The molecule has 0 fully saturated rings. The summed E-state index contributed by atoms with van der Waals surface area (Å²) in [6.07, 6.45) is 0. The summed E-state index contributed by atoms with van der Waals surface area (Å²) in [5.41, 5.74) is 0.718. The van der Waals surface area contributed by atoms with Crippen molar-refractivity contribution < 1.29 is 14.3 Å². The molecule has 0 unspecified atom stereocenters. The molecule has 13 heavy (non-hydrogen) atoms. The summed E-state index contributed by atoms with van der Waals surface area (Å²) in [6.45, 7) is 0. The predicted octanol–water partition coefficient (Wildman–Crippen LogP) is -0.300. The Kier molecular flexibility index (Phi) is 5.44. The van der Waals surface area contributed by atoms with E-state index in [0.29, 0.717) is 11.1 Å². The molecule has 0 saturated heterocycles. The number of hydrogen-bond donors (Lipinski definition) is 0. The first kappa shape index (κ1) is 13.4. The monoisotopic (exact) mass is 196 g/mol. The van der Waals surface area contributed by atoms with Crippen molar-refractivity contribution in [3.05, 3.63) is 35.4 Å². The molecule has 1 aromatic carbocycles. The molecule has 0 aromatic heterocycles. The molecule has 58 valence electrons. The normalized spacial score (nSPS) is 12.3. The van der Waals surface area contributed by atoms with Crippen LogP contribution in [0.4, 0.5) is 0 Å². The van der Waals surface area contributed by atoms with Crippen LogP contribution in [-0.2, 0) is 4.74 Å². The van der Waals surface area contributed by atoms with Crippen LogP contribution < -0.4 is 0 Å². The Balaban J connectivity index is 0.000000720. The summed E-state index contributed by atoms with van der Waals surface area (Å²) in [7, 11) is 0. The summed E-state index contributed by atoms with van der Waals surface area (Å²) in [5.74, 6) is -1.10. The number of ether oxygens (including phenoxy) is 1. The molecule has 0 radical (unpaired) electrons. The van der Waals surface area contributed by atoms with Crippen molar-refractivity contribution in [3.8, 4) is 0 Å². The third kappa shape index (κ3) is 2.43. The number of fused-ring (bicyclic) bond motifs is 1. The van der Waals surface area contributed by atoms with Gasteiger partial charge in [-0.05, 0) is 12.1 Å². The van der Waals surface area contributed by atoms with Crippen LogP contribution in [-0.4, -0.2) is 71.1 Å². The number of carbonyl (C=O) groups is 2. The number of benzene rings is 1. The number of cyclic esters (lactones) is 2. The van der Waals surface area contributed by atoms with Crippen LogP contribution in [0.15, 0.2) is 24.3 Å². The van der Waals surface area contributed by atoms with Gasteiger partial charge >= 0.3 is 71.1 Å². The fourth-order valence-corrected chi connectivity index (χ4v) is 1.03. The molecule has 0 bridgehead atoms. The maximum absolute atomic E-state index is 10.8. The van der Waals surface area contributed by atoms with Crippen LogP contribution in [0.5, 0.6) is 0 Å². The van der Waals surface area contributed by atoms with Crippen molar-refractivity contribution in [2.75, 3.05) is 0 Å². The summed E-state index contributed by atoms with van der Waals surface area (Å²) < 4.78 is 4.35. The van der Waals surface area contributed by atoms with Gasteiger partial charge in [-0.15, -0.1) is 0 Å². The second-order valence-corrected chi connectivity index (χ2v) is 2.22. The molecule has 2 rings (SSSR count). The van der Waals surface area contributed by atoms with E-state index in [0.717, 1.165) is 0 Å². The van der Waals surface area contributed by atoms with E-state index in [1.165, 1.54) is 0 Å². The zero-order valence-corrected chi connectivity index (χ0v) is 5.53. The molecule has 0 spiro atoms. The average molecular weight is 196 g/mol. The van der Waals surface area contributed by atoms with E-state index in [9.17, 15) is 9.59 Å². The van der Waals surface area contributed by atoms with Crippen molar-refractivity contribution in [2.24, 2.45) is 0 Å². The van der Waals surface area contributed by atoms with Gasteiger partial charge in [0.1, 0.15) is 0 Å². The third-order valence-electron chi connectivity index (χ3n) is 1.55. The molecule has 0 saturated carbocycles. The van der Waals surface area contributed by atoms with Crippen LogP contribution >= 0.6 is 0 Å². The van der Waals surface area contributed by atoms with Gasteiger partial charge in [0.25, 0.3) is 0 Å². The second kappa shape index (κ2) is 5.29. The Morgan fingerprint density at radius 3 is 1.62 bits per heavy atom. The van der Waals surface area contributed by atoms with E-state index < -0.39 is 11.9 Å². The summed E-state index contributed by atoms with van der Waals surface area (Å²) in [6, 6.07) is 6.53. The first-order chi connectivity index (χ1) is 5.29. The van der Waals surface area contributed by atoms with Gasteiger partial charge < -0.3 is 4.74 Å². The Hall–Kier alpha value is 0.360. The quantitative estimate of drug-likeness (QED) is 0.325. The minimum atomic E-state index is -0.550. The van der Waals surface area contributed by atoms with Crippen molar-refractivity contribution in [2.45, 2.75) is 0 Å². The van der Waals surface area contributed by atoms with Crippen molar-refractivity contribution in [1.82, 2.24) is 0 Å². The van der Waals surface area contributed by atoms with Crippen LogP contribution in [0, 0.1) is 0 Å². The number of carbonyl (C=O) groups excluding carboxylic acids is 2. The molecule has 0 amide bonds. The maximum atomic E-state index is 10.8. The van der Waals surface area contributed by atoms with Crippen LogP contribution in [0.2, 0.25) is 0 Å². The van der Waals surface area contributed by atoms with E-state index in [1.54, 1.807) is 24.3 Å². The van der Waals surface area contributed by atoms with E-state index in [1.807, 2.05) is 0 Å². The van der Waals surface area contributed by atoms with Crippen LogP contribution in [0.3, 0.4) is 0 Å². The molecule has 5 heteroatoms. The number of hydrogen-bond acceptors (Lipinski definition) is 3. The molecule has 1 heterocycles. The Labute approximate surface area is 119 Å². The van der Waals surface area contributed by atoms with E-state index in [2.05, 4.69) is 4.74 Å². The van der Waals surface area contributed by atoms with Gasteiger partial charge in [0.2, 0.25) is 0 Å².